The fourth-order valence-electron chi connectivity index (χ4n) is 6.05. The van der Waals surface area contributed by atoms with Crippen molar-refractivity contribution in [3.05, 3.63) is 71.5 Å². The first kappa shape index (κ1) is 33.6. The van der Waals surface area contributed by atoms with E-state index in [-0.39, 0.29) is 42.8 Å². The third kappa shape index (κ3) is 8.55. The third-order valence-corrected chi connectivity index (χ3v) is 8.11. The van der Waals surface area contributed by atoms with E-state index in [0.717, 1.165) is 22.3 Å². The van der Waals surface area contributed by atoms with Crippen LogP contribution in [0.2, 0.25) is 0 Å². The molecule has 1 fully saturated rings. The number of unbranched alkanes of at least 4 members (excludes halogenated alkanes) is 1. The second kappa shape index (κ2) is 14.0. The van der Waals surface area contributed by atoms with Crippen molar-refractivity contribution < 1.29 is 46.2 Å². The van der Waals surface area contributed by atoms with Crippen molar-refractivity contribution in [2.24, 2.45) is 0 Å². The fourth-order valence-corrected chi connectivity index (χ4v) is 6.05. The quantitative estimate of drug-likeness (QED) is 0.120. The van der Waals surface area contributed by atoms with Gasteiger partial charge in [-0.25, -0.2) is 9.59 Å². The van der Waals surface area contributed by atoms with Crippen molar-refractivity contribution in [2.45, 2.75) is 57.2 Å². The van der Waals surface area contributed by atoms with Crippen LogP contribution in [-0.2, 0) is 37.0 Å². The predicted octanol–water partition coefficient (Wildman–Crippen LogP) is 3.93. The molecule has 1 saturated heterocycles. The highest BCUT2D eigenvalue weighted by molar-refractivity contribution is 6.58. The van der Waals surface area contributed by atoms with E-state index < -0.39 is 43.3 Å². The zero-order valence-corrected chi connectivity index (χ0v) is 26.1. The first-order chi connectivity index (χ1) is 22.3. The number of nitrogens with zero attached hydrogens (tertiary/aromatic N) is 5. The molecule has 2 aromatic carbocycles. The molecule has 3 aromatic rings. The van der Waals surface area contributed by atoms with Gasteiger partial charge in [-0.2, -0.15) is 0 Å². The number of hydroxylamine groups is 2. The molecule has 1 aromatic heterocycles. The predicted molar refractivity (Wildman–Crippen MR) is 163 cm³/mol. The van der Waals surface area contributed by atoms with Crippen LogP contribution in [-0.4, -0.2) is 88.6 Å². The molecule has 1 aliphatic heterocycles. The molecule has 3 amide bonds. The molecular weight excluding hydrogens is 620 g/mol. The molecule has 2 heterocycles. The lowest BCUT2D eigenvalue weighted by molar-refractivity contribution is -0.895. The van der Waals surface area contributed by atoms with Gasteiger partial charge in [-0.1, -0.05) is 53.7 Å². The summed E-state index contributed by atoms with van der Waals surface area (Å²) in [6.07, 6.45) is 0.522. The number of rotatable bonds is 14. The smallest absolute Gasteiger partial charge is 0.449 e. The van der Waals surface area contributed by atoms with Gasteiger partial charge >= 0.3 is 19.0 Å². The highest BCUT2D eigenvalue weighted by Gasteiger charge is 2.36. The van der Waals surface area contributed by atoms with Crippen molar-refractivity contribution in [3.8, 4) is 11.1 Å². The maximum atomic E-state index is 13.1. The molecule has 1 N–H and O–H groups in total. The molecule has 250 valence electrons. The van der Waals surface area contributed by atoms with Crippen LogP contribution in [0.5, 0.6) is 0 Å². The largest absolute Gasteiger partial charge is 0.531 e. The van der Waals surface area contributed by atoms with Gasteiger partial charge in [-0.3, -0.25) is 14.3 Å². The Morgan fingerprint density at radius 3 is 2.23 bits per heavy atom. The Bertz CT molecular complexity index is 1590. The molecule has 2 aliphatic rings. The summed E-state index contributed by atoms with van der Waals surface area (Å²) in [5.41, 5.74) is 4.56. The minimum absolute atomic E-state index is 0.0127. The maximum absolute atomic E-state index is 13.1. The van der Waals surface area contributed by atoms with Crippen LogP contribution in [0, 0.1) is 0 Å². The number of carbonyl (C=O) groups excluding carboxylic acids is 4. The minimum Gasteiger partial charge on any atom is -0.449 e. The maximum Gasteiger partial charge on any atom is 0.531 e. The van der Waals surface area contributed by atoms with Gasteiger partial charge in [0, 0.05) is 25.3 Å². The van der Waals surface area contributed by atoms with E-state index in [0.29, 0.717) is 30.1 Å². The first-order valence-electron chi connectivity index (χ1n) is 15.4. The second-order valence-electron chi connectivity index (χ2n) is 12.5. The summed E-state index contributed by atoms with van der Waals surface area (Å²) in [6, 6.07) is 14.5. The zero-order chi connectivity index (χ0) is 33.8. The number of aromatic nitrogens is 3. The molecule has 12 nitrogen and oxygen atoms in total. The molecule has 5 rings (SSSR count). The number of benzene rings is 2. The zero-order valence-electron chi connectivity index (χ0n) is 26.1. The fraction of sp³-hybridized carbons (Fsp3) is 0.419. The van der Waals surface area contributed by atoms with Crippen LogP contribution in [0.1, 0.15) is 54.8 Å². The summed E-state index contributed by atoms with van der Waals surface area (Å²) >= 11 is 0. The van der Waals surface area contributed by atoms with Gasteiger partial charge < -0.3 is 32.3 Å². The van der Waals surface area contributed by atoms with Crippen molar-refractivity contribution in [1.29, 1.82) is 0 Å². The third-order valence-electron chi connectivity index (χ3n) is 8.11. The molecule has 0 radical (unpaired) electrons. The highest BCUT2D eigenvalue weighted by Crippen LogP contribution is 2.44. The minimum atomic E-state index is -4.97. The molecule has 1 aliphatic carbocycles. The molecule has 1 atom stereocenters. The number of carbonyl (C=O) groups is 4. The number of amides is 3. The van der Waals surface area contributed by atoms with E-state index in [1.165, 1.54) is 18.8 Å². The number of aryl methyl sites for hydroxylation is 1. The van der Waals surface area contributed by atoms with Gasteiger partial charge in [0.15, 0.2) is 0 Å². The Hall–Kier alpha value is -4.73. The lowest BCUT2D eigenvalue weighted by atomic mass is 9.90. The number of halogens is 3. The van der Waals surface area contributed by atoms with Gasteiger partial charge in [0.25, 0.3) is 11.8 Å². The topological polar surface area (TPSA) is 133 Å². The van der Waals surface area contributed by atoms with Crippen LogP contribution in [0.15, 0.2) is 54.7 Å². The number of alkyl carbamates (subject to hydrolysis) is 1. The van der Waals surface area contributed by atoms with Crippen LogP contribution in [0.3, 0.4) is 0 Å². The summed E-state index contributed by atoms with van der Waals surface area (Å²) in [7, 11) is 2.95. The van der Waals surface area contributed by atoms with Gasteiger partial charge in [-0.05, 0) is 41.5 Å². The summed E-state index contributed by atoms with van der Waals surface area (Å²) in [5, 5.41) is 10.9. The van der Waals surface area contributed by atoms with Gasteiger partial charge in [0.2, 0.25) is 0 Å². The van der Waals surface area contributed by atoms with Gasteiger partial charge in [0.05, 0.1) is 26.7 Å². The van der Waals surface area contributed by atoms with Crippen LogP contribution in [0.4, 0.5) is 17.7 Å². The van der Waals surface area contributed by atoms with Crippen LogP contribution < -0.4 is 5.32 Å². The summed E-state index contributed by atoms with van der Waals surface area (Å²) < 4.78 is 45.6. The van der Waals surface area contributed by atoms with Gasteiger partial charge in [-0.15, -0.1) is 10.2 Å². The van der Waals surface area contributed by atoms with Gasteiger partial charge in [0.1, 0.15) is 24.9 Å². The normalized spacial score (nSPS) is 15.4. The summed E-state index contributed by atoms with van der Waals surface area (Å²) in [5.74, 6) is -2.49. The Morgan fingerprint density at radius 1 is 1.00 bits per heavy atom. The average Bonchev–Trinajstić information content (AvgIpc) is 3.67. The molecule has 0 bridgehead atoms. The average molecular weight is 656 g/mol. The molecular formula is C31H36BF3N6O6. The van der Waals surface area contributed by atoms with Crippen molar-refractivity contribution in [3.63, 3.8) is 0 Å². The second-order valence-corrected chi connectivity index (χ2v) is 12.5. The summed E-state index contributed by atoms with van der Waals surface area (Å²) in [6.45, 7) is -4.56. The van der Waals surface area contributed by atoms with E-state index in [9.17, 15) is 32.1 Å². The number of quaternary nitrogens is 1. The summed E-state index contributed by atoms with van der Waals surface area (Å²) in [4.78, 5) is 55.2. The number of hydrogen-bond acceptors (Lipinski definition) is 8. The lowest BCUT2D eigenvalue weighted by Crippen LogP contribution is -2.48. The lowest BCUT2D eigenvalue weighted by Gasteiger charge is -2.33. The van der Waals surface area contributed by atoms with E-state index in [2.05, 4.69) is 15.6 Å². The first-order valence-corrected chi connectivity index (χ1v) is 15.4. The monoisotopic (exact) mass is 656 g/mol. The van der Waals surface area contributed by atoms with E-state index in [4.69, 9.17) is 9.57 Å². The highest BCUT2D eigenvalue weighted by atomic mass is 19.4. The standard InChI is InChI=1S/C31H36BF3N6O6/c1-41(2,20-32(33,34)35)18-21-17-39(38-37-21)16-8-7-13-27(30(44)47-40-28(42)14-15-29(40)43)36-31(45)46-19-26-24-11-5-3-9-22(24)23-10-4-6-12-25(23)26/h3-6,9-12,17,26-27H,7-8,13-16,18-20H2,1-2H3,(H,36,45)/t27-/m1/s1. The van der Waals surface area contributed by atoms with E-state index in [1.807, 2.05) is 48.5 Å². The Labute approximate surface area is 269 Å². The number of imide groups is 1. The number of nitrogens with one attached hydrogen (secondary N) is 1. The molecule has 0 saturated carbocycles. The van der Waals surface area contributed by atoms with E-state index >= 15 is 0 Å². The Morgan fingerprint density at radius 2 is 1.62 bits per heavy atom. The van der Waals surface area contributed by atoms with Crippen LogP contribution in [0.25, 0.3) is 11.1 Å². The SMILES string of the molecule is C[N+](C)(Cc1cn(CCCC[C@@H](NC(=O)OCC2c3ccccc3-c3ccccc32)C(=O)ON2C(=O)CCC2=O)nn1)C[B-](F)(F)F. The Balaban J connectivity index is 1.18. The number of hydrogen-bond donors (Lipinski definition) is 1. The molecule has 0 spiro atoms. The Kier molecular flexibility index (Phi) is 9.98. The van der Waals surface area contributed by atoms with Crippen molar-refractivity contribution >= 4 is 30.9 Å². The van der Waals surface area contributed by atoms with Crippen LogP contribution >= 0.6 is 0 Å². The van der Waals surface area contributed by atoms with Crippen molar-refractivity contribution in [1.82, 2.24) is 25.4 Å². The molecule has 16 heteroatoms. The number of ether oxygens (including phenoxy) is 1. The molecule has 47 heavy (non-hydrogen) atoms. The number of fused-ring (bicyclic) bond motifs is 3. The van der Waals surface area contributed by atoms with Crippen molar-refractivity contribution in [2.75, 3.05) is 27.1 Å². The van der Waals surface area contributed by atoms with E-state index in [1.54, 1.807) is 6.20 Å². The molecule has 0 unspecified atom stereocenters.